The Morgan fingerprint density at radius 1 is 1.41 bits per heavy atom. The van der Waals surface area contributed by atoms with Crippen molar-refractivity contribution < 1.29 is 14.7 Å². The summed E-state index contributed by atoms with van der Waals surface area (Å²) in [6.07, 6.45) is 0.207. The van der Waals surface area contributed by atoms with Crippen LogP contribution >= 0.6 is 11.6 Å². The molecule has 90 valence electrons. The van der Waals surface area contributed by atoms with E-state index in [0.717, 1.165) is 0 Å². The van der Waals surface area contributed by atoms with Crippen LogP contribution < -0.4 is 0 Å². The molecule has 4 nitrogen and oxygen atoms in total. The molecule has 17 heavy (non-hydrogen) atoms. The van der Waals surface area contributed by atoms with Gasteiger partial charge in [-0.15, -0.1) is 11.6 Å². The number of benzene rings is 1. The van der Waals surface area contributed by atoms with Gasteiger partial charge in [-0.1, -0.05) is 30.3 Å². The van der Waals surface area contributed by atoms with E-state index in [-0.39, 0.29) is 24.2 Å². The number of likely N-dealkylation sites (tertiary alicyclic amines) is 1. The van der Waals surface area contributed by atoms with Crippen LogP contribution in [0, 0.1) is 0 Å². The first kappa shape index (κ1) is 11.9. The third kappa shape index (κ3) is 2.42. The van der Waals surface area contributed by atoms with E-state index < -0.39 is 12.0 Å². The second-order valence-corrected chi connectivity index (χ2v) is 4.62. The quantitative estimate of drug-likeness (QED) is 0.834. The number of nitrogens with zero attached hydrogens (tertiary/aromatic N) is 1. The molecule has 1 amide bonds. The molecule has 1 aliphatic heterocycles. The molecule has 0 spiro atoms. The molecule has 0 saturated carbocycles. The van der Waals surface area contributed by atoms with Gasteiger partial charge in [0, 0.05) is 13.0 Å². The standard InChI is InChI=1S/C12H12ClNO3/c13-9-6-10(15)14(7-9)11(12(16)17)8-4-2-1-3-5-8/h1-5,9,11H,6-7H2,(H,16,17). The number of rotatable bonds is 3. The van der Waals surface area contributed by atoms with Gasteiger partial charge >= 0.3 is 5.97 Å². The summed E-state index contributed by atoms with van der Waals surface area (Å²) in [5, 5.41) is 8.96. The summed E-state index contributed by atoms with van der Waals surface area (Å²) in [6.45, 7) is 0.284. The lowest BCUT2D eigenvalue weighted by Crippen LogP contribution is -2.35. The highest BCUT2D eigenvalue weighted by atomic mass is 35.5. The fraction of sp³-hybridized carbons (Fsp3) is 0.333. The molecule has 2 atom stereocenters. The lowest BCUT2D eigenvalue weighted by Gasteiger charge is -2.24. The third-order valence-electron chi connectivity index (χ3n) is 2.77. The van der Waals surface area contributed by atoms with Crippen LogP contribution in [0.5, 0.6) is 0 Å². The normalized spacial score (nSPS) is 21.6. The van der Waals surface area contributed by atoms with Crippen LogP contribution in [0.4, 0.5) is 0 Å². The molecular formula is C12H12ClNO3. The zero-order valence-electron chi connectivity index (χ0n) is 9.04. The maximum absolute atomic E-state index is 11.7. The maximum atomic E-state index is 11.7. The van der Waals surface area contributed by atoms with E-state index >= 15 is 0 Å². The molecule has 1 aromatic carbocycles. The number of carboxylic acid groups (broad SMARTS) is 1. The van der Waals surface area contributed by atoms with Gasteiger partial charge in [0.1, 0.15) is 0 Å². The van der Waals surface area contributed by atoms with Gasteiger partial charge in [-0.25, -0.2) is 4.79 Å². The summed E-state index contributed by atoms with van der Waals surface area (Å²) in [7, 11) is 0. The minimum Gasteiger partial charge on any atom is -0.479 e. The van der Waals surface area contributed by atoms with Gasteiger partial charge in [-0.2, -0.15) is 0 Å². The number of carboxylic acids is 1. The van der Waals surface area contributed by atoms with E-state index in [9.17, 15) is 14.7 Å². The number of carbonyl (C=O) groups excluding carboxylic acids is 1. The van der Waals surface area contributed by atoms with Crippen LogP contribution in [0.2, 0.25) is 0 Å². The van der Waals surface area contributed by atoms with E-state index in [2.05, 4.69) is 0 Å². The van der Waals surface area contributed by atoms with Gasteiger partial charge in [0.2, 0.25) is 5.91 Å². The molecule has 0 aliphatic carbocycles. The molecule has 5 heteroatoms. The Morgan fingerprint density at radius 3 is 2.53 bits per heavy atom. The van der Waals surface area contributed by atoms with Gasteiger partial charge in [-0.05, 0) is 5.56 Å². The molecule has 2 rings (SSSR count). The number of halogens is 1. The summed E-state index contributed by atoms with van der Waals surface area (Å²) in [5.41, 5.74) is 0.596. The van der Waals surface area contributed by atoms with Crippen LogP contribution in [-0.4, -0.2) is 33.8 Å². The summed E-state index contributed by atoms with van der Waals surface area (Å²) >= 11 is 5.88. The predicted octanol–water partition coefficient (Wildman–Crippen LogP) is 1.65. The topological polar surface area (TPSA) is 57.6 Å². The van der Waals surface area contributed by atoms with Crippen molar-refractivity contribution in [2.75, 3.05) is 6.54 Å². The van der Waals surface area contributed by atoms with Gasteiger partial charge in [0.05, 0.1) is 5.38 Å². The fourth-order valence-electron chi connectivity index (χ4n) is 2.03. The number of amides is 1. The smallest absolute Gasteiger partial charge is 0.331 e. The first-order chi connectivity index (χ1) is 8.09. The number of hydrogen-bond donors (Lipinski definition) is 1. The van der Waals surface area contributed by atoms with Crippen molar-refractivity contribution >= 4 is 23.5 Å². The molecule has 1 heterocycles. The summed E-state index contributed by atoms with van der Waals surface area (Å²) in [5.74, 6) is -1.24. The highest BCUT2D eigenvalue weighted by Crippen LogP contribution is 2.28. The summed E-state index contributed by atoms with van der Waals surface area (Å²) in [4.78, 5) is 24.3. The molecule has 2 unspecified atom stereocenters. The highest BCUT2D eigenvalue weighted by molar-refractivity contribution is 6.22. The van der Waals surface area contributed by atoms with Crippen LogP contribution in [0.1, 0.15) is 18.0 Å². The lowest BCUT2D eigenvalue weighted by molar-refractivity contribution is -0.148. The van der Waals surface area contributed by atoms with E-state index in [1.54, 1.807) is 30.3 Å². The molecule has 0 radical (unpaired) electrons. The lowest BCUT2D eigenvalue weighted by atomic mass is 10.1. The molecule has 1 fully saturated rings. The Bertz CT molecular complexity index is 435. The molecule has 1 aromatic rings. The molecule has 1 aliphatic rings. The van der Waals surface area contributed by atoms with Gasteiger partial charge < -0.3 is 10.0 Å². The molecule has 1 saturated heterocycles. The van der Waals surface area contributed by atoms with Crippen molar-refractivity contribution in [1.29, 1.82) is 0 Å². The number of alkyl halides is 1. The Morgan fingerprint density at radius 2 is 2.06 bits per heavy atom. The Hall–Kier alpha value is -1.55. The van der Waals surface area contributed by atoms with Crippen molar-refractivity contribution in [3.63, 3.8) is 0 Å². The first-order valence-electron chi connectivity index (χ1n) is 5.31. The van der Waals surface area contributed by atoms with Crippen LogP contribution in [0.25, 0.3) is 0 Å². The largest absolute Gasteiger partial charge is 0.479 e. The monoisotopic (exact) mass is 253 g/mol. The van der Waals surface area contributed by atoms with E-state index in [4.69, 9.17) is 11.6 Å². The summed E-state index contributed by atoms with van der Waals surface area (Å²) in [6, 6.07) is 7.78. The van der Waals surface area contributed by atoms with Gasteiger partial charge in [0.25, 0.3) is 0 Å². The zero-order chi connectivity index (χ0) is 12.4. The average molecular weight is 254 g/mol. The SMILES string of the molecule is O=C(O)C(c1ccccc1)N1CC(Cl)CC1=O. The van der Waals surface area contributed by atoms with Crippen LogP contribution in [0.15, 0.2) is 30.3 Å². The second kappa shape index (κ2) is 4.75. The fourth-order valence-corrected chi connectivity index (χ4v) is 2.31. The number of carbonyl (C=O) groups is 2. The Kier molecular flexibility index (Phi) is 3.33. The maximum Gasteiger partial charge on any atom is 0.331 e. The van der Waals surface area contributed by atoms with E-state index in [1.807, 2.05) is 0 Å². The van der Waals surface area contributed by atoms with Crippen molar-refractivity contribution in [3.8, 4) is 0 Å². The van der Waals surface area contributed by atoms with Crippen LogP contribution in [-0.2, 0) is 9.59 Å². The van der Waals surface area contributed by atoms with E-state index in [1.165, 1.54) is 4.90 Å². The van der Waals surface area contributed by atoms with Crippen molar-refractivity contribution in [2.24, 2.45) is 0 Å². The van der Waals surface area contributed by atoms with Crippen molar-refractivity contribution in [2.45, 2.75) is 17.8 Å². The number of aliphatic carboxylic acids is 1. The highest BCUT2D eigenvalue weighted by Gasteiger charge is 2.37. The average Bonchev–Trinajstić information content (AvgIpc) is 2.59. The Labute approximate surface area is 104 Å². The minimum atomic E-state index is -1.03. The molecular weight excluding hydrogens is 242 g/mol. The predicted molar refractivity (Wildman–Crippen MR) is 62.8 cm³/mol. The Balaban J connectivity index is 2.31. The minimum absolute atomic E-state index is 0.207. The summed E-state index contributed by atoms with van der Waals surface area (Å²) < 4.78 is 0. The first-order valence-corrected chi connectivity index (χ1v) is 5.74. The van der Waals surface area contributed by atoms with Gasteiger partial charge in [0.15, 0.2) is 6.04 Å². The van der Waals surface area contributed by atoms with Crippen molar-refractivity contribution in [3.05, 3.63) is 35.9 Å². The number of hydrogen-bond acceptors (Lipinski definition) is 2. The zero-order valence-corrected chi connectivity index (χ0v) is 9.80. The van der Waals surface area contributed by atoms with Crippen LogP contribution in [0.3, 0.4) is 0 Å². The molecule has 0 bridgehead atoms. The third-order valence-corrected chi connectivity index (χ3v) is 3.06. The molecule has 1 N–H and O–H groups in total. The second-order valence-electron chi connectivity index (χ2n) is 4.00. The van der Waals surface area contributed by atoms with Crippen molar-refractivity contribution in [1.82, 2.24) is 4.90 Å². The van der Waals surface area contributed by atoms with Gasteiger partial charge in [-0.3, -0.25) is 4.79 Å². The molecule has 0 aromatic heterocycles. The van der Waals surface area contributed by atoms with E-state index in [0.29, 0.717) is 5.56 Å².